The highest BCUT2D eigenvalue weighted by Crippen LogP contribution is 2.18. The van der Waals surface area contributed by atoms with Crippen molar-refractivity contribution in [2.75, 3.05) is 6.54 Å². The summed E-state index contributed by atoms with van der Waals surface area (Å²) in [6, 6.07) is 6.74. The molecule has 2 aromatic rings. The Kier molecular flexibility index (Phi) is 5.83. The van der Waals surface area contributed by atoms with E-state index in [4.69, 9.17) is 11.6 Å². The molecular weight excluding hydrogens is 276 g/mol. The molecule has 0 aromatic carbocycles. The molecule has 19 heavy (non-hydrogen) atoms. The summed E-state index contributed by atoms with van der Waals surface area (Å²) in [4.78, 5) is 5.46. The number of aromatic nitrogens is 1. The minimum absolute atomic E-state index is 0.429. The molecular formula is C15H19ClN2S. The van der Waals surface area contributed by atoms with E-state index in [2.05, 4.69) is 34.7 Å². The highest BCUT2D eigenvalue weighted by atomic mass is 35.5. The zero-order valence-electron chi connectivity index (χ0n) is 11.1. The first-order chi connectivity index (χ1) is 9.29. The molecule has 4 heteroatoms. The minimum Gasteiger partial charge on any atom is -0.313 e. The van der Waals surface area contributed by atoms with E-state index in [1.54, 1.807) is 6.20 Å². The van der Waals surface area contributed by atoms with Crippen LogP contribution in [-0.2, 0) is 12.8 Å². The molecule has 0 aliphatic rings. The lowest BCUT2D eigenvalue weighted by Crippen LogP contribution is -2.33. The van der Waals surface area contributed by atoms with Crippen LogP contribution < -0.4 is 5.32 Å². The van der Waals surface area contributed by atoms with Crippen molar-refractivity contribution in [1.82, 2.24) is 10.3 Å². The highest BCUT2D eigenvalue weighted by molar-refractivity contribution is 7.09. The fraction of sp³-hybridized carbons (Fsp3) is 0.400. The summed E-state index contributed by atoms with van der Waals surface area (Å²) in [7, 11) is 0. The summed E-state index contributed by atoms with van der Waals surface area (Å²) in [5, 5.41) is 6.50. The summed E-state index contributed by atoms with van der Waals surface area (Å²) >= 11 is 8.01. The lowest BCUT2D eigenvalue weighted by Gasteiger charge is -2.18. The Hall–Kier alpha value is -0.900. The maximum Gasteiger partial charge on any atom is 0.0621 e. The molecule has 1 unspecified atom stereocenters. The second-order valence-electron chi connectivity index (χ2n) is 4.61. The molecule has 0 saturated carbocycles. The summed E-state index contributed by atoms with van der Waals surface area (Å²) in [5.74, 6) is 0. The first-order valence-electron chi connectivity index (χ1n) is 6.63. The van der Waals surface area contributed by atoms with Crippen LogP contribution >= 0.6 is 22.9 Å². The Morgan fingerprint density at radius 3 is 2.95 bits per heavy atom. The second kappa shape index (κ2) is 7.63. The van der Waals surface area contributed by atoms with Crippen molar-refractivity contribution in [2.45, 2.75) is 32.2 Å². The van der Waals surface area contributed by atoms with Crippen molar-refractivity contribution in [1.29, 1.82) is 0 Å². The predicted molar refractivity (Wildman–Crippen MR) is 83.1 cm³/mol. The molecule has 0 bridgehead atoms. The van der Waals surface area contributed by atoms with Gasteiger partial charge in [0.15, 0.2) is 0 Å². The minimum atomic E-state index is 0.429. The molecule has 2 aromatic heterocycles. The SMILES string of the molecule is CCCNC(Cc1cccs1)Cc1ccncc1Cl. The first-order valence-corrected chi connectivity index (χ1v) is 7.89. The average Bonchev–Trinajstić information content (AvgIpc) is 2.91. The third-order valence-corrected chi connectivity index (χ3v) is 4.27. The maximum absolute atomic E-state index is 6.20. The Morgan fingerprint density at radius 2 is 2.26 bits per heavy atom. The van der Waals surface area contributed by atoms with Crippen molar-refractivity contribution < 1.29 is 0 Å². The van der Waals surface area contributed by atoms with Gasteiger partial charge in [0.1, 0.15) is 0 Å². The van der Waals surface area contributed by atoms with Crippen molar-refractivity contribution in [3.63, 3.8) is 0 Å². The fourth-order valence-corrected chi connectivity index (χ4v) is 3.05. The third kappa shape index (κ3) is 4.60. The first kappa shape index (κ1) is 14.5. The molecule has 0 spiro atoms. The molecule has 1 atom stereocenters. The quantitative estimate of drug-likeness (QED) is 0.836. The van der Waals surface area contributed by atoms with Gasteiger partial charge in [-0.2, -0.15) is 0 Å². The molecule has 0 saturated heterocycles. The standard InChI is InChI=1S/C15H19ClN2S/c1-2-6-18-13(10-14-4-3-8-19-14)9-12-5-7-17-11-15(12)16/h3-5,7-8,11,13,18H,2,6,9-10H2,1H3. The number of nitrogens with one attached hydrogen (secondary N) is 1. The summed E-state index contributed by atoms with van der Waals surface area (Å²) in [5.41, 5.74) is 1.17. The van der Waals surface area contributed by atoms with Gasteiger partial charge >= 0.3 is 0 Å². The molecule has 1 N–H and O–H groups in total. The molecule has 2 nitrogen and oxygen atoms in total. The maximum atomic E-state index is 6.20. The van der Waals surface area contributed by atoms with Crippen LogP contribution in [-0.4, -0.2) is 17.6 Å². The zero-order valence-corrected chi connectivity index (χ0v) is 12.7. The van der Waals surface area contributed by atoms with E-state index in [-0.39, 0.29) is 0 Å². The van der Waals surface area contributed by atoms with Gasteiger partial charge in [-0.3, -0.25) is 4.98 Å². The summed E-state index contributed by atoms with van der Waals surface area (Å²) < 4.78 is 0. The van der Waals surface area contributed by atoms with Gasteiger partial charge < -0.3 is 5.32 Å². The predicted octanol–water partition coefficient (Wildman–Crippen LogP) is 3.95. The summed E-state index contributed by atoms with van der Waals surface area (Å²) in [6.07, 6.45) is 6.67. The molecule has 102 valence electrons. The largest absolute Gasteiger partial charge is 0.313 e. The van der Waals surface area contributed by atoms with Crippen molar-refractivity contribution in [2.24, 2.45) is 0 Å². The van der Waals surface area contributed by atoms with Crippen LogP contribution in [0.3, 0.4) is 0 Å². The number of thiophene rings is 1. The number of nitrogens with zero attached hydrogens (tertiary/aromatic N) is 1. The van der Waals surface area contributed by atoms with E-state index in [1.165, 1.54) is 10.4 Å². The number of pyridine rings is 1. The van der Waals surface area contributed by atoms with Gasteiger partial charge in [-0.15, -0.1) is 11.3 Å². The van der Waals surface area contributed by atoms with Gasteiger partial charge in [-0.25, -0.2) is 0 Å². The van der Waals surface area contributed by atoms with E-state index in [9.17, 15) is 0 Å². The monoisotopic (exact) mass is 294 g/mol. The topological polar surface area (TPSA) is 24.9 Å². The zero-order chi connectivity index (χ0) is 13.5. The number of halogens is 1. The smallest absolute Gasteiger partial charge is 0.0621 e. The highest BCUT2D eigenvalue weighted by Gasteiger charge is 2.12. The van der Waals surface area contributed by atoms with E-state index >= 15 is 0 Å². The van der Waals surface area contributed by atoms with Crippen molar-refractivity contribution >= 4 is 22.9 Å². The van der Waals surface area contributed by atoms with Crippen LogP contribution in [0.25, 0.3) is 0 Å². The summed E-state index contributed by atoms with van der Waals surface area (Å²) in [6.45, 7) is 3.23. The Labute approximate surface area is 123 Å². The Morgan fingerprint density at radius 1 is 1.37 bits per heavy atom. The molecule has 0 aliphatic carbocycles. The molecule has 0 amide bonds. The third-order valence-electron chi connectivity index (χ3n) is 3.03. The number of rotatable bonds is 7. The number of hydrogen-bond acceptors (Lipinski definition) is 3. The van der Waals surface area contributed by atoms with E-state index in [0.717, 1.165) is 30.8 Å². The Balaban J connectivity index is 2.03. The van der Waals surface area contributed by atoms with Crippen LogP contribution in [0, 0.1) is 0 Å². The van der Waals surface area contributed by atoms with Gasteiger partial charge in [0, 0.05) is 23.3 Å². The van der Waals surface area contributed by atoms with Gasteiger partial charge in [0.05, 0.1) is 5.02 Å². The lowest BCUT2D eigenvalue weighted by molar-refractivity contribution is 0.507. The van der Waals surface area contributed by atoms with Gasteiger partial charge in [0.25, 0.3) is 0 Å². The lowest BCUT2D eigenvalue weighted by atomic mass is 10.0. The van der Waals surface area contributed by atoms with Gasteiger partial charge in [0.2, 0.25) is 0 Å². The van der Waals surface area contributed by atoms with Crippen LogP contribution in [0.5, 0.6) is 0 Å². The van der Waals surface area contributed by atoms with E-state index in [1.807, 2.05) is 23.6 Å². The molecule has 2 heterocycles. The van der Waals surface area contributed by atoms with Crippen molar-refractivity contribution in [3.05, 3.63) is 51.4 Å². The van der Waals surface area contributed by atoms with E-state index in [0.29, 0.717) is 6.04 Å². The fourth-order valence-electron chi connectivity index (χ4n) is 2.07. The molecule has 0 aliphatic heterocycles. The molecule has 2 rings (SSSR count). The van der Waals surface area contributed by atoms with Gasteiger partial charge in [-0.05, 0) is 48.9 Å². The normalized spacial score (nSPS) is 12.5. The number of hydrogen-bond donors (Lipinski definition) is 1. The molecule has 0 fully saturated rings. The Bertz CT molecular complexity index is 485. The van der Waals surface area contributed by atoms with Gasteiger partial charge in [-0.1, -0.05) is 24.6 Å². The second-order valence-corrected chi connectivity index (χ2v) is 6.05. The van der Waals surface area contributed by atoms with Crippen LogP contribution in [0.4, 0.5) is 0 Å². The van der Waals surface area contributed by atoms with E-state index < -0.39 is 0 Å². The molecule has 0 radical (unpaired) electrons. The van der Waals surface area contributed by atoms with Crippen LogP contribution in [0.15, 0.2) is 36.0 Å². The van der Waals surface area contributed by atoms with Crippen molar-refractivity contribution in [3.8, 4) is 0 Å². The van der Waals surface area contributed by atoms with Crippen LogP contribution in [0.1, 0.15) is 23.8 Å². The average molecular weight is 295 g/mol. The van der Waals surface area contributed by atoms with Crippen LogP contribution in [0.2, 0.25) is 5.02 Å².